The molecule has 0 fully saturated rings. The maximum absolute atomic E-state index is 11.2. The molecule has 0 radical (unpaired) electrons. The van der Waals surface area contributed by atoms with Gasteiger partial charge >= 0.3 is 5.97 Å². The van der Waals surface area contributed by atoms with E-state index in [0.717, 1.165) is 29.5 Å². The number of anilines is 1. The largest absolute Gasteiger partial charge is 0.478 e. The summed E-state index contributed by atoms with van der Waals surface area (Å²) in [7, 11) is 0. The van der Waals surface area contributed by atoms with Gasteiger partial charge in [-0.05, 0) is 47.2 Å². The second-order valence-electron chi connectivity index (χ2n) is 6.71. The number of benzene rings is 2. The molecule has 3 rings (SSSR count). The average Bonchev–Trinajstić information content (AvgIpc) is 2.52. The first kappa shape index (κ1) is 15.3. The van der Waals surface area contributed by atoms with Gasteiger partial charge < -0.3 is 10.4 Å². The van der Waals surface area contributed by atoms with Crippen molar-refractivity contribution in [2.45, 2.75) is 26.3 Å². The molecular weight excluding hydrogens is 290 g/mol. The summed E-state index contributed by atoms with van der Waals surface area (Å²) in [4.78, 5) is 22.2. The summed E-state index contributed by atoms with van der Waals surface area (Å²) >= 11 is 0. The summed E-state index contributed by atoms with van der Waals surface area (Å²) in [5, 5.41) is 12.7. The first-order chi connectivity index (χ1) is 10.9. The highest BCUT2D eigenvalue weighted by molar-refractivity contribution is 5.88. The summed E-state index contributed by atoms with van der Waals surface area (Å²) in [6.07, 6.45) is 1.62. The molecule has 23 heavy (non-hydrogen) atoms. The molecule has 0 aromatic heterocycles. The maximum atomic E-state index is 11.2. The Hall–Kier alpha value is -2.62. The van der Waals surface area contributed by atoms with Crippen LogP contribution in [-0.4, -0.2) is 17.4 Å². The van der Waals surface area contributed by atoms with Crippen molar-refractivity contribution >= 4 is 17.9 Å². The van der Waals surface area contributed by atoms with Crippen molar-refractivity contribution in [3.63, 3.8) is 0 Å². The van der Waals surface area contributed by atoms with E-state index in [4.69, 9.17) is 5.11 Å². The molecule has 1 aliphatic rings. The number of fused-ring (bicyclic) bond motifs is 1. The maximum Gasteiger partial charge on any atom is 0.335 e. The van der Waals surface area contributed by atoms with Crippen molar-refractivity contribution in [1.29, 1.82) is 0 Å². The molecule has 2 aromatic rings. The van der Waals surface area contributed by atoms with Crippen molar-refractivity contribution < 1.29 is 14.7 Å². The highest BCUT2D eigenvalue weighted by atomic mass is 16.4. The zero-order valence-electron chi connectivity index (χ0n) is 13.2. The predicted octanol–water partition coefficient (Wildman–Crippen LogP) is 3.93. The summed E-state index contributed by atoms with van der Waals surface area (Å²) in [6.45, 7) is 4.29. The van der Waals surface area contributed by atoms with Gasteiger partial charge in [0.2, 0.25) is 0 Å². The van der Waals surface area contributed by atoms with Crippen molar-refractivity contribution in [1.82, 2.24) is 0 Å². The highest BCUT2D eigenvalue weighted by Gasteiger charge is 2.36. The second kappa shape index (κ2) is 5.54. The number of carbonyl (C=O) groups excluding carboxylic acids is 1. The minimum absolute atomic E-state index is 0.0607. The Kier molecular flexibility index (Phi) is 3.68. The molecule has 4 heteroatoms. The fourth-order valence-electron chi connectivity index (χ4n) is 3.30. The molecule has 0 saturated carbocycles. The summed E-state index contributed by atoms with van der Waals surface area (Å²) in [6, 6.07) is 12.8. The fraction of sp³-hybridized carbons (Fsp3) is 0.263. The van der Waals surface area contributed by atoms with Crippen molar-refractivity contribution in [2.24, 2.45) is 5.41 Å². The van der Waals surface area contributed by atoms with Crippen LogP contribution in [0.1, 0.15) is 51.7 Å². The predicted molar refractivity (Wildman–Crippen MR) is 89.1 cm³/mol. The van der Waals surface area contributed by atoms with Crippen LogP contribution in [0.2, 0.25) is 0 Å². The molecule has 1 atom stereocenters. The molecule has 4 nitrogen and oxygen atoms in total. The minimum atomic E-state index is -0.911. The lowest BCUT2D eigenvalue weighted by molar-refractivity contribution is 0.0696. The number of aldehydes is 1. The van der Waals surface area contributed by atoms with Gasteiger partial charge in [0.15, 0.2) is 0 Å². The zero-order valence-corrected chi connectivity index (χ0v) is 13.2. The van der Waals surface area contributed by atoms with Crippen LogP contribution >= 0.6 is 0 Å². The number of rotatable bonds is 3. The first-order valence-electron chi connectivity index (χ1n) is 7.58. The molecule has 0 aliphatic carbocycles. The molecule has 1 unspecified atom stereocenters. The van der Waals surface area contributed by atoms with Crippen LogP contribution in [0.4, 0.5) is 5.69 Å². The molecule has 0 amide bonds. The van der Waals surface area contributed by atoms with Crippen LogP contribution in [0.3, 0.4) is 0 Å². The monoisotopic (exact) mass is 309 g/mol. The second-order valence-corrected chi connectivity index (χ2v) is 6.71. The third-order valence-electron chi connectivity index (χ3n) is 4.46. The average molecular weight is 309 g/mol. The number of aromatic carboxylic acids is 1. The van der Waals surface area contributed by atoms with Gasteiger partial charge in [0.05, 0.1) is 11.6 Å². The lowest BCUT2D eigenvalue weighted by atomic mass is 9.72. The Morgan fingerprint density at radius 2 is 2.04 bits per heavy atom. The van der Waals surface area contributed by atoms with Gasteiger partial charge in [-0.3, -0.25) is 4.79 Å². The van der Waals surface area contributed by atoms with E-state index in [-0.39, 0.29) is 11.5 Å². The minimum Gasteiger partial charge on any atom is -0.478 e. The molecule has 0 saturated heterocycles. The molecule has 2 aromatic carbocycles. The van der Waals surface area contributed by atoms with E-state index < -0.39 is 5.97 Å². The molecular formula is C19H19NO3. The van der Waals surface area contributed by atoms with E-state index in [2.05, 4.69) is 19.2 Å². The number of hydrogen-bond acceptors (Lipinski definition) is 3. The topological polar surface area (TPSA) is 66.4 Å². The number of nitrogens with one attached hydrogen (secondary N) is 1. The van der Waals surface area contributed by atoms with Gasteiger partial charge in [-0.1, -0.05) is 32.0 Å². The van der Waals surface area contributed by atoms with Gasteiger partial charge in [-0.25, -0.2) is 4.79 Å². The van der Waals surface area contributed by atoms with Crippen LogP contribution in [0.25, 0.3) is 0 Å². The normalized spacial score (nSPS) is 18.6. The van der Waals surface area contributed by atoms with Crippen molar-refractivity contribution in [3.05, 3.63) is 64.7 Å². The van der Waals surface area contributed by atoms with E-state index in [1.54, 1.807) is 18.2 Å². The van der Waals surface area contributed by atoms with Gasteiger partial charge in [0.1, 0.15) is 6.29 Å². The van der Waals surface area contributed by atoms with Gasteiger partial charge in [0.25, 0.3) is 0 Å². The Morgan fingerprint density at radius 3 is 2.74 bits per heavy atom. The Morgan fingerprint density at radius 1 is 1.26 bits per heavy atom. The Labute approximate surface area is 135 Å². The Balaban J connectivity index is 2.01. The summed E-state index contributed by atoms with van der Waals surface area (Å²) in [5.41, 5.74) is 3.89. The van der Waals surface area contributed by atoms with Crippen LogP contribution in [0, 0.1) is 5.41 Å². The van der Waals surface area contributed by atoms with Crippen LogP contribution in [-0.2, 0) is 6.42 Å². The van der Waals surface area contributed by atoms with Crippen molar-refractivity contribution in [3.8, 4) is 0 Å². The highest BCUT2D eigenvalue weighted by Crippen LogP contribution is 2.45. The van der Waals surface area contributed by atoms with Gasteiger partial charge in [0, 0.05) is 11.3 Å². The number of hydrogen-bond donors (Lipinski definition) is 2. The van der Waals surface area contributed by atoms with Crippen LogP contribution in [0.5, 0.6) is 0 Å². The molecule has 1 heterocycles. The van der Waals surface area contributed by atoms with E-state index in [1.165, 1.54) is 0 Å². The lowest BCUT2D eigenvalue weighted by Gasteiger charge is -2.41. The zero-order chi connectivity index (χ0) is 16.6. The third-order valence-corrected chi connectivity index (χ3v) is 4.46. The quantitative estimate of drug-likeness (QED) is 0.843. The van der Waals surface area contributed by atoms with Crippen LogP contribution < -0.4 is 5.32 Å². The smallest absolute Gasteiger partial charge is 0.335 e. The third kappa shape index (κ3) is 2.84. The number of carboxylic acids is 1. The number of carboxylic acid groups (broad SMARTS) is 1. The van der Waals surface area contributed by atoms with Gasteiger partial charge in [-0.15, -0.1) is 0 Å². The fourth-order valence-corrected chi connectivity index (χ4v) is 3.30. The molecule has 0 spiro atoms. The summed E-state index contributed by atoms with van der Waals surface area (Å²) in [5.74, 6) is -0.911. The van der Waals surface area contributed by atoms with E-state index in [0.29, 0.717) is 11.1 Å². The van der Waals surface area contributed by atoms with E-state index >= 15 is 0 Å². The van der Waals surface area contributed by atoms with E-state index in [9.17, 15) is 9.59 Å². The van der Waals surface area contributed by atoms with E-state index in [1.807, 2.05) is 24.3 Å². The SMILES string of the molecule is CC1(C)Cc2cc(C(=O)O)ccc2NC1c1cccc(C=O)c1. The molecule has 0 bridgehead atoms. The standard InChI is InChI=1S/C19H19NO3/c1-19(2)10-15-9-14(18(22)23)6-7-16(15)20-17(19)13-5-3-4-12(8-13)11-21/h3-9,11,17,20H,10H2,1-2H3,(H,22,23). The molecule has 2 N–H and O–H groups in total. The molecule has 1 aliphatic heterocycles. The molecule has 118 valence electrons. The van der Waals surface area contributed by atoms with Crippen molar-refractivity contribution in [2.75, 3.05) is 5.32 Å². The summed E-state index contributed by atoms with van der Waals surface area (Å²) < 4.78 is 0. The van der Waals surface area contributed by atoms with Crippen LogP contribution in [0.15, 0.2) is 42.5 Å². The lowest BCUT2D eigenvalue weighted by Crippen LogP contribution is -2.35. The number of carbonyl (C=O) groups is 2. The first-order valence-corrected chi connectivity index (χ1v) is 7.58. The Bertz CT molecular complexity index is 780. The van der Waals surface area contributed by atoms with Gasteiger partial charge in [-0.2, -0.15) is 0 Å².